The SMILES string of the molecule is CN(C)c1nc(SCC(=O)c2ccc(CNC(=O)C(C)(C)C)s2)c2ccccc2n1. The lowest BCUT2D eigenvalue weighted by molar-refractivity contribution is -0.128. The minimum absolute atomic E-state index is 0.00771. The van der Waals surface area contributed by atoms with Crippen molar-refractivity contribution >= 4 is 51.6 Å². The molecule has 0 fully saturated rings. The normalized spacial score (nSPS) is 11.5. The standard InChI is InChI=1S/C22H26N4O2S2/c1-22(2,3)20(28)23-12-14-10-11-18(30-14)17(27)13-29-19-15-8-6-7-9-16(15)24-21(25-19)26(4)5/h6-11H,12-13H2,1-5H3,(H,23,28). The molecule has 0 unspecified atom stereocenters. The molecule has 30 heavy (non-hydrogen) atoms. The lowest BCUT2D eigenvalue weighted by Gasteiger charge is -2.17. The van der Waals surface area contributed by atoms with Gasteiger partial charge in [0.25, 0.3) is 0 Å². The van der Waals surface area contributed by atoms with E-state index in [0.29, 0.717) is 23.1 Å². The maximum Gasteiger partial charge on any atom is 0.226 e. The van der Waals surface area contributed by atoms with E-state index in [1.165, 1.54) is 23.1 Å². The first-order chi connectivity index (χ1) is 14.1. The van der Waals surface area contributed by atoms with E-state index in [1.54, 1.807) is 0 Å². The average Bonchev–Trinajstić information content (AvgIpc) is 3.18. The summed E-state index contributed by atoms with van der Waals surface area (Å²) in [6, 6.07) is 11.5. The van der Waals surface area contributed by atoms with Crippen molar-refractivity contribution in [2.45, 2.75) is 32.3 Å². The van der Waals surface area contributed by atoms with Crippen LogP contribution in [0.5, 0.6) is 0 Å². The Labute approximate surface area is 185 Å². The molecule has 0 spiro atoms. The minimum atomic E-state index is -0.432. The van der Waals surface area contributed by atoms with E-state index in [9.17, 15) is 9.59 Å². The van der Waals surface area contributed by atoms with E-state index in [2.05, 4.69) is 15.3 Å². The summed E-state index contributed by atoms with van der Waals surface area (Å²) in [4.78, 5) is 37.5. The fourth-order valence-electron chi connectivity index (χ4n) is 2.61. The number of thiophene rings is 1. The molecular formula is C22H26N4O2S2. The molecule has 0 aliphatic heterocycles. The number of nitrogens with one attached hydrogen (secondary N) is 1. The number of carbonyl (C=O) groups is 2. The van der Waals surface area contributed by atoms with Crippen molar-refractivity contribution < 1.29 is 9.59 Å². The molecule has 8 heteroatoms. The molecule has 1 amide bonds. The van der Waals surface area contributed by atoms with Crippen molar-refractivity contribution in [2.75, 3.05) is 24.7 Å². The van der Waals surface area contributed by atoms with Gasteiger partial charge in [-0.3, -0.25) is 9.59 Å². The predicted octanol–water partition coefficient (Wildman–Crippen LogP) is 4.39. The number of hydrogen-bond acceptors (Lipinski definition) is 7. The van der Waals surface area contributed by atoms with E-state index in [1.807, 2.05) is 76.2 Å². The number of nitrogens with zero attached hydrogens (tertiary/aromatic N) is 3. The highest BCUT2D eigenvalue weighted by atomic mass is 32.2. The van der Waals surface area contributed by atoms with Crippen LogP contribution in [0.3, 0.4) is 0 Å². The van der Waals surface area contributed by atoms with Crippen LogP contribution in [0, 0.1) is 5.41 Å². The second-order valence-electron chi connectivity index (χ2n) is 8.15. The van der Waals surface area contributed by atoms with Crippen molar-refractivity contribution in [3.63, 3.8) is 0 Å². The topological polar surface area (TPSA) is 75.2 Å². The Bertz CT molecular complexity index is 1070. The Morgan fingerprint density at radius 2 is 1.83 bits per heavy atom. The first-order valence-corrected chi connectivity index (χ1v) is 11.4. The van der Waals surface area contributed by atoms with Crippen LogP contribution in [0.4, 0.5) is 5.95 Å². The third kappa shape index (κ3) is 5.37. The quantitative estimate of drug-likeness (QED) is 0.332. The number of para-hydroxylation sites is 1. The number of fused-ring (bicyclic) bond motifs is 1. The van der Waals surface area contributed by atoms with Crippen molar-refractivity contribution in [1.82, 2.24) is 15.3 Å². The molecule has 158 valence electrons. The molecule has 6 nitrogen and oxygen atoms in total. The molecular weight excluding hydrogens is 416 g/mol. The third-order valence-electron chi connectivity index (χ3n) is 4.34. The number of carbonyl (C=O) groups excluding carboxylic acids is 2. The molecule has 3 aromatic rings. The Balaban J connectivity index is 1.68. The van der Waals surface area contributed by atoms with E-state index < -0.39 is 5.41 Å². The Hall–Kier alpha value is -2.45. The molecule has 3 rings (SSSR count). The van der Waals surface area contributed by atoms with E-state index >= 15 is 0 Å². The Morgan fingerprint density at radius 3 is 2.53 bits per heavy atom. The second kappa shape index (κ2) is 9.14. The zero-order valence-corrected chi connectivity index (χ0v) is 19.5. The molecule has 2 aromatic heterocycles. The van der Waals surface area contributed by atoms with Gasteiger partial charge in [-0.1, -0.05) is 50.7 Å². The van der Waals surface area contributed by atoms with Crippen LogP contribution in [0.25, 0.3) is 10.9 Å². The first kappa shape index (κ1) is 22.2. The molecule has 2 heterocycles. The highest BCUT2D eigenvalue weighted by Crippen LogP contribution is 2.28. The van der Waals surface area contributed by atoms with Crippen molar-refractivity contribution in [3.05, 3.63) is 46.2 Å². The van der Waals surface area contributed by atoms with Gasteiger partial charge in [0.15, 0.2) is 5.78 Å². The van der Waals surface area contributed by atoms with Crippen LogP contribution in [0.15, 0.2) is 41.4 Å². The van der Waals surface area contributed by atoms with Gasteiger partial charge >= 0.3 is 0 Å². The average molecular weight is 443 g/mol. The third-order valence-corrected chi connectivity index (χ3v) is 6.45. The largest absolute Gasteiger partial charge is 0.351 e. The van der Waals surface area contributed by atoms with Gasteiger partial charge in [0.05, 0.1) is 22.7 Å². The van der Waals surface area contributed by atoms with Crippen LogP contribution in [0.1, 0.15) is 35.3 Å². The van der Waals surface area contributed by atoms with Crippen LogP contribution < -0.4 is 10.2 Å². The van der Waals surface area contributed by atoms with E-state index in [-0.39, 0.29) is 11.7 Å². The number of hydrogen-bond donors (Lipinski definition) is 1. The van der Waals surface area contributed by atoms with Crippen LogP contribution in [0.2, 0.25) is 0 Å². The lowest BCUT2D eigenvalue weighted by Crippen LogP contribution is -2.34. The van der Waals surface area contributed by atoms with Crippen molar-refractivity contribution in [3.8, 4) is 0 Å². The summed E-state index contributed by atoms with van der Waals surface area (Å²) in [5.74, 6) is 0.957. The minimum Gasteiger partial charge on any atom is -0.351 e. The molecule has 1 N–H and O–H groups in total. The molecule has 0 aliphatic carbocycles. The molecule has 0 aliphatic rings. The zero-order valence-electron chi connectivity index (χ0n) is 17.9. The van der Waals surface area contributed by atoms with Crippen LogP contribution >= 0.6 is 23.1 Å². The summed E-state index contributed by atoms with van der Waals surface area (Å²) in [5, 5.41) is 4.66. The number of amides is 1. The number of anilines is 1. The second-order valence-corrected chi connectivity index (χ2v) is 10.3. The van der Waals surface area contributed by atoms with Crippen molar-refractivity contribution in [2.24, 2.45) is 5.41 Å². The molecule has 0 atom stereocenters. The summed E-state index contributed by atoms with van der Waals surface area (Å²) in [6.45, 7) is 6.06. The van der Waals surface area contributed by atoms with Gasteiger partial charge in [-0.25, -0.2) is 9.97 Å². The van der Waals surface area contributed by atoms with Gasteiger partial charge in [0, 0.05) is 29.8 Å². The monoisotopic (exact) mass is 442 g/mol. The fraction of sp³-hybridized carbons (Fsp3) is 0.364. The van der Waals surface area contributed by atoms with Gasteiger partial charge in [-0.15, -0.1) is 11.3 Å². The molecule has 0 saturated heterocycles. The summed E-state index contributed by atoms with van der Waals surface area (Å²) in [6.07, 6.45) is 0. The molecule has 0 radical (unpaired) electrons. The van der Waals surface area contributed by atoms with Crippen molar-refractivity contribution in [1.29, 1.82) is 0 Å². The highest BCUT2D eigenvalue weighted by molar-refractivity contribution is 8.00. The Morgan fingerprint density at radius 1 is 1.10 bits per heavy atom. The summed E-state index contributed by atoms with van der Waals surface area (Å²) in [7, 11) is 3.80. The number of benzene rings is 1. The van der Waals surface area contributed by atoms with Crippen LogP contribution in [-0.2, 0) is 11.3 Å². The Kier molecular flexibility index (Phi) is 6.77. The molecule has 0 bridgehead atoms. The van der Waals surface area contributed by atoms with Gasteiger partial charge in [0.1, 0.15) is 5.03 Å². The van der Waals surface area contributed by atoms with Gasteiger partial charge in [-0.05, 0) is 18.2 Å². The highest BCUT2D eigenvalue weighted by Gasteiger charge is 2.21. The smallest absolute Gasteiger partial charge is 0.226 e. The van der Waals surface area contributed by atoms with Gasteiger partial charge in [-0.2, -0.15) is 0 Å². The number of Topliss-reactive ketones (excluding diaryl/α,β-unsaturated/α-hetero) is 1. The molecule has 0 saturated carbocycles. The van der Waals surface area contributed by atoms with Gasteiger partial charge in [0.2, 0.25) is 11.9 Å². The molecule has 1 aromatic carbocycles. The van der Waals surface area contributed by atoms with Gasteiger partial charge < -0.3 is 10.2 Å². The maximum absolute atomic E-state index is 12.7. The summed E-state index contributed by atoms with van der Waals surface area (Å²) in [5.41, 5.74) is 0.428. The fourth-order valence-corrected chi connectivity index (χ4v) is 4.48. The van der Waals surface area contributed by atoms with E-state index in [0.717, 1.165) is 20.8 Å². The van der Waals surface area contributed by atoms with Crippen LogP contribution in [-0.4, -0.2) is 41.5 Å². The number of rotatable bonds is 7. The number of aromatic nitrogens is 2. The zero-order chi connectivity index (χ0) is 21.9. The lowest BCUT2D eigenvalue weighted by atomic mass is 9.96. The van der Waals surface area contributed by atoms with E-state index in [4.69, 9.17) is 0 Å². The number of thioether (sulfide) groups is 1. The number of ketones is 1. The predicted molar refractivity (Wildman–Crippen MR) is 125 cm³/mol. The summed E-state index contributed by atoms with van der Waals surface area (Å²) >= 11 is 2.85. The first-order valence-electron chi connectivity index (χ1n) is 9.62. The maximum atomic E-state index is 12.7. The summed E-state index contributed by atoms with van der Waals surface area (Å²) < 4.78 is 0.